The Balaban J connectivity index is 2.67. The van der Waals surface area contributed by atoms with E-state index in [2.05, 4.69) is 15.5 Å². The topological polar surface area (TPSA) is 95.1 Å². The highest BCUT2D eigenvalue weighted by Gasteiger charge is 2.24. The third-order valence-electron chi connectivity index (χ3n) is 1.96. The summed E-state index contributed by atoms with van der Waals surface area (Å²) in [4.78, 5) is 22.3. The van der Waals surface area contributed by atoms with Gasteiger partial charge >= 0.3 is 5.97 Å². The van der Waals surface area contributed by atoms with E-state index < -0.39 is 17.9 Å². The molecule has 1 aromatic rings. The summed E-state index contributed by atoms with van der Waals surface area (Å²) in [7, 11) is 0. The van der Waals surface area contributed by atoms with Crippen LogP contribution in [0.3, 0.4) is 0 Å². The molecule has 0 aliphatic heterocycles. The van der Waals surface area contributed by atoms with Gasteiger partial charge in [-0.3, -0.25) is 9.89 Å². The van der Waals surface area contributed by atoms with Crippen molar-refractivity contribution in [2.24, 2.45) is 5.92 Å². The molecular weight excluding hydrogens is 198 g/mol. The number of carboxylic acid groups (broad SMARTS) is 1. The fraction of sp³-hybridized carbons (Fsp3) is 0.444. The van der Waals surface area contributed by atoms with Crippen LogP contribution in [0.25, 0.3) is 0 Å². The first-order valence-electron chi connectivity index (χ1n) is 4.55. The van der Waals surface area contributed by atoms with Gasteiger partial charge in [-0.2, -0.15) is 5.10 Å². The lowest BCUT2D eigenvalue weighted by Crippen LogP contribution is -2.44. The Morgan fingerprint density at radius 3 is 2.60 bits per heavy atom. The van der Waals surface area contributed by atoms with Gasteiger partial charge in [0.05, 0.1) is 0 Å². The summed E-state index contributed by atoms with van der Waals surface area (Å²) < 4.78 is 0. The third-order valence-corrected chi connectivity index (χ3v) is 1.96. The molecule has 0 aliphatic rings. The number of rotatable bonds is 4. The molecule has 15 heavy (non-hydrogen) atoms. The van der Waals surface area contributed by atoms with Crippen LogP contribution in [0.5, 0.6) is 0 Å². The van der Waals surface area contributed by atoms with E-state index in [1.165, 1.54) is 12.3 Å². The molecule has 0 aromatic carbocycles. The molecule has 0 fully saturated rings. The van der Waals surface area contributed by atoms with Gasteiger partial charge in [-0.1, -0.05) is 13.8 Å². The first-order valence-corrected chi connectivity index (χ1v) is 4.55. The van der Waals surface area contributed by atoms with Gasteiger partial charge in [-0.25, -0.2) is 4.79 Å². The molecule has 1 aromatic heterocycles. The second-order valence-corrected chi connectivity index (χ2v) is 3.50. The zero-order chi connectivity index (χ0) is 11.4. The number of hydrogen-bond donors (Lipinski definition) is 3. The fourth-order valence-electron chi connectivity index (χ4n) is 1.11. The number of H-pyrrole nitrogens is 1. The molecule has 1 atom stereocenters. The number of carbonyl (C=O) groups is 2. The number of hydrogen-bond acceptors (Lipinski definition) is 3. The van der Waals surface area contributed by atoms with Crippen molar-refractivity contribution >= 4 is 11.9 Å². The molecule has 1 rings (SSSR count). The van der Waals surface area contributed by atoms with Crippen LogP contribution >= 0.6 is 0 Å². The largest absolute Gasteiger partial charge is 0.480 e. The standard InChI is InChI=1S/C9H13N3O3/c1-5(2)7(9(14)15)11-8(13)6-3-4-10-12-6/h3-5,7H,1-2H3,(H,10,12)(H,11,13)(H,14,15)/t7-/m0/s1. The van der Waals surface area contributed by atoms with Gasteiger partial charge < -0.3 is 10.4 Å². The SMILES string of the molecule is CC(C)[C@H](NC(=O)c1ccn[nH]1)C(=O)O. The summed E-state index contributed by atoms with van der Waals surface area (Å²) in [6.45, 7) is 3.46. The normalized spacial score (nSPS) is 12.5. The van der Waals surface area contributed by atoms with Crippen molar-refractivity contribution in [3.05, 3.63) is 18.0 Å². The highest BCUT2D eigenvalue weighted by Crippen LogP contribution is 2.03. The quantitative estimate of drug-likeness (QED) is 0.665. The maximum atomic E-state index is 11.5. The van der Waals surface area contributed by atoms with Crippen molar-refractivity contribution in [3.8, 4) is 0 Å². The molecule has 1 heterocycles. The number of nitrogens with zero attached hydrogens (tertiary/aromatic N) is 1. The minimum atomic E-state index is -1.04. The molecule has 82 valence electrons. The molecule has 0 bridgehead atoms. The predicted molar refractivity (Wildman–Crippen MR) is 52.3 cm³/mol. The monoisotopic (exact) mass is 211 g/mol. The number of carboxylic acids is 1. The van der Waals surface area contributed by atoms with E-state index >= 15 is 0 Å². The van der Waals surface area contributed by atoms with Crippen LogP contribution in [0, 0.1) is 5.92 Å². The molecule has 1 amide bonds. The van der Waals surface area contributed by atoms with Gasteiger partial charge in [0.1, 0.15) is 11.7 Å². The summed E-state index contributed by atoms with van der Waals surface area (Å²) in [5, 5.41) is 17.3. The lowest BCUT2D eigenvalue weighted by molar-refractivity contribution is -0.140. The average molecular weight is 211 g/mol. The molecular formula is C9H13N3O3. The van der Waals surface area contributed by atoms with Crippen LogP contribution in [-0.2, 0) is 4.79 Å². The van der Waals surface area contributed by atoms with Crippen LogP contribution in [-0.4, -0.2) is 33.2 Å². The number of amides is 1. The number of carbonyl (C=O) groups excluding carboxylic acids is 1. The van der Waals surface area contributed by atoms with E-state index in [0.29, 0.717) is 0 Å². The van der Waals surface area contributed by atoms with E-state index in [4.69, 9.17) is 5.11 Å². The number of nitrogens with one attached hydrogen (secondary N) is 2. The van der Waals surface area contributed by atoms with Crippen LogP contribution in [0.1, 0.15) is 24.3 Å². The molecule has 0 spiro atoms. The summed E-state index contributed by atoms with van der Waals surface area (Å²) >= 11 is 0. The smallest absolute Gasteiger partial charge is 0.326 e. The predicted octanol–water partition coefficient (Wildman–Crippen LogP) is 0.249. The van der Waals surface area contributed by atoms with Gasteiger partial charge in [0.2, 0.25) is 0 Å². The Morgan fingerprint density at radius 1 is 1.53 bits per heavy atom. The van der Waals surface area contributed by atoms with E-state index in [1.807, 2.05) is 0 Å². The fourth-order valence-corrected chi connectivity index (χ4v) is 1.11. The van der Waals surface area contributed by atoms with Gasteiger partial charge in [-0.05, 0) is 12.0 Å². The summed E-state index contributed by atoms with van der Waals surface area (Å²) in [5.41, 5.74) is 0.252. The summed E-state index contributed by atoms with van der Waals surface area (Å²) in [6, 6.07) is 0.593. The lowest BCUT2D eigenvalue weighted by atomic mass is 10.0. The Kier molecular flexibility index (Phi) is 3.43. The second kappa shape index (κ2) is 4.59. The zero-order valence-corrected chi connectivity index (χ0v) is 8.52. The third kappa shape index (κ3) is 2.80. The highest BCUT2D eigenvalue weighted by atomic mass is 16.4. The maximum Gasteiger partial charge on any atom is 0.326 e. The molecule has 0 unspecified atom stereocenters. The second-order valence-electron chi connectivity index (χ2n) is 3.50. The lowest BCUT2D eigenvalue weighted by Gasteiger charge is -2.17. The van der Waals surface area contributed by atoms with Gasteiger partial charge in [0, 0.05) is 6.20 Å². The van der Waals surface area contributed by atoms with Crippen molar-refractivity contribution in [2.45, 2.75) is 19.9 Å². The zero-order valence-electron chi connectivity index (χ0n) is 8.52. The van der Waals surface area contributed by atoms with Crippen LogP contribution in [0.15, 0.2) is 12.3 Å². The molecule has 3 N–H and O–H groups in total. The van der Waals surface area contributed by atoms with Crippen molar-refractivity contribution in [1.29, 1.82) is 0 Å². The Labute approximate surface area is 86.7 Å². The van der Waals surface area contributed by atoms with Crippen LogP contribution < -0.4 is 5.32 Å². The van der Waals surface area contributed by atoms with Crippen LogP contribution in [0.4, 0.5) is 0 Å². The van der Waals surface area contributed by atoms with Gasteiger partial charge in [-0.15, -0.1) is 0 Å². The Hall–Kier alpha value is -1.85. The molecule has 0 saturated carbocycles. The number of aromatic amines is 1. The molecule has 6 nitrogen and oxygen atoms in total. The molecule has 0 radical (unpaired) electrons. The minimum Gasteiger partial charge on any atom is -0.480 e. The maximum absolute atomic E-state index is 11.5. The van der Waals surface area contributed by atoms with Gasteiger partial charge in [0.15, 0.2) is 0 Å². The first kappa shape index (κ1) is 11.2. The minimum absolute atomic E-state index is 0.172. The van der Waals surface area contributed by atoms with Crippen molar-refractivity contribution in [1.82, 2.24) is 15.5 Å². The number of aromatic nitrogens is 2. The molecule has 6 heteroatoms. The first-order chi connectivity index (χ1) is 7.02. The summed E-state index contributed by atoms with van der Waals surface area (Å²) in [5.74, 6) is -1.68. The average Bonchev–Trinajstić information content (AvgIpc) is 2.65. The van der Waals surface area contributed by atoms with E-state index in [0.717, 1.165) is 0 Å². The molecule has 0 aliphatic carbocycles. The number of aliphatic carboxylic acids is 1. The Bertz CT molecular complexity index is 345. The van der Waals surface area contributed by atoms with Crippen LogP contribution in [0.2, 0.25) is 0 Å². The van der Waals surface area contributed by atoms with Crippen molar-refractivity contribution in [3.63, 3.8) is 0 Å². The van der Waals surface area contributed by atoms with Crippen molar-refractivity contribution < 1.29 is 14.7 Å². The molecule has 0 saturated heterocycles. The van der Waals surface area contributed by atoms with E-state index in [1.54, 1.807) is 13.8 Å². The Morgan fingerprint density at radius 2 is 2.20 bits per heavy atom. The van der Waals surface area contributed by atoms with Crippen molar-refractivity contribution in [2.75, 3.05) is 0 Å². The summed E-state index contributed by atoms with van der Waals surface area (Å²) in [6.07, 6.45) is 1.43. The van der Waals surface area contributed by atoms with E-state index in [-0.39, 0.29) is 11.6 Å². The van der Waals surface area contributed by atoms with E-state index in [9.17, 15) is 9.59 Å². The highest BCUT2D eigenvalue weighted by molar-refractivity contribution is 5.94. The van der Waals surface area contributed by atoms with Gasteiger partial charge in [0.25, 0.3) is 5.91 Å².